The fourth-order valence-electron chi connectivity index (χ4n) is 3.64. The zero-order valence-corrected chi connectivity index (χ0v) is 18.0. The van der Waals surface area contributed by atoms with Crippen LogP contribution in [-0.4, -0.2) is 40.5 Å². The monoisotopic (exact) mass is 430 g/mol. The van der Waals surface area contributed by atoms with Crippen LogP contribution in [0.5, 0.6) is 0 Å². The lowest BCUT2D eigenvalue weighted by atomic mass is 9.90. The van der Waals surface area contributed by atoms with Crippen LogP contribution in [0.25, 0.3) is 0 Å². The minimum atomic E-state index is -0.742. The number of nitrogens with one attached hydrogen (secondary N) is 1. The van der Waals surface area contributed by atoms with Crippen LogP contribution in [-0.2, 0) is 24.1 Å². The Hall–Kier alpha value is -2.77. The zero-order chi connectivity index (χ0) is 20.8. The largest absolute Gasteiger partial charge is 0.510 e. The number of likely N-dealkylation sites (N-methyl/N-ethyl adjacent to an activating group) is 1. The highest BCUT2D eigenvalue weighted by molar-refractivity contribution is 6.03. The Bertz CT molecular complexity index is 914. The van der Waals surface area contributed by atoms with E-state index in [1.165, 1.54) is 12.5 Å². The highest BCUT2D eigenvalue weighted by Crippen LogP contribution is 2.25. The molecule has 7 nitrogen and oxygen atoms in total. The van der Waals surface area contributed by atoms with Crippen molar-refractivity contribution in [2.75, 3.05) is 18.9 Å². The molecule has 1 heterocycles. The van der Waals surface area contributed by atoms with Crippen LogP contribution in [0, 0.1) is 4.91 Å². The molecule has 2 N–H and O–H groups in total. The summed E-state index contributed by atoms with van der Waals surface area (Å²) in [5.41, 5.74) is 3.42. The van der Waals surface area contributed by atoms with E-state index in [0.29, 0.717) is 11.7 Å². The van der Waals surface area contributed by atoms with Gasteiger partial charge in [-0.25, -0.2) is 0 Å². The topological polar surface area (TPSA) is 94.9 Å². The minimum Gasteiger partial charge on any atom is -0.510 e. The summed E-state index contributed by atoms with van der Waals surface area (Å²) in [7, 11) is 2.15. The number of aromatic nitrogens is 1. The first-order chi connectivity index (χ1) is 14.0. The number of amides is 1. The maximum atomic E-state index is 12.1. The lowest BCUT2D eigenvalue weighted by Gasteiger charge is -2.32. The van der Waals surface area contributed by atoms with E-state index in [1.807, 2.05) is 12.1 Å². The van der Waals surface area contributed by atoms with Crippen molar-refractivity contribution in [3.05, 3.63) is 75.8 Å². The molecule has 8 heteroatoms. The van der Waals surface area contributed by atoms with Gasteiger partial charge in [0.25, 0.3) is 5.91 Å². The van der Waals surface area contributed by atoms with Crippen molar-refractivity contribution in [3.8, 4) is 0 Å². The Labute approximate surface area is 182 Å². The molecule has 1 aromatic heterocycles. The molecule has 1 atom stereocenters. The quantitative estimate of drug-likeness (QED) is 0.393. The van der Waals surface area contributed by atoms with Gasteiger partial charge in [-0.1, -0.05) is 30.3 Å². The van der Waals surface area contributed by atoms with Crippen molar-refractivity contribution in [1.29, 1.82) is 0 Å². The second kappa shape index (κ2) is 10.8. The minimum absolute atomic E-state index is 0. The third-order valence-corrected chi connectivity index (χ3v) is 5.36. The molecule has 30 heavy (non-hydrogen) atoms. The lowest BCUT2D eigenvalue weighted by molar-refractivity contribution is -0.113. The highest BCUT2D eigenvalue weighted by Gasteiger charge is 2.23. The molecule has 1 aliphatic carbocycles. The summed E-state index contributed by atoms with van der Waals surface area (Å²) in [6, 6.07) is 12.7. The van der Waals surface area contributed by atoms with E-state index < -0.39 is 17.4 Å². The molecule has 1 aliphatic rings. The summed E-state index contributed by atoms with van der Waals surface area (Å²) < 4.78 is 0. The SMILES string of the molecule is C/C(O)=C(/N=O)C(=O)Nc1cnc2c(c1)CC(N(C)CCc1ccccc1)CC2.Cl. The number of nitroso groups, excluding NO2 is 1. The van der Waals surface area contributed by atoms with E-state index in [9.17, 15) is 14.8 Å². The number of aliphatic hydroxyl groups excluding tert-OH is 1. The van der Waals surface area contributed by atoms with Crippen molar-refractivity contribution in [3.63, 3.8) is 0 Å². The molecule has 0 spiro atoms. The predicted octanol–water partition coefficient (Wildman–Crippen LogP) is 4.03. The van der Waals surface area contributed by atoms with Gasteiger partial charge in [-0.05, 0) is 62.0 Å². The predicted molar refractivity (Wildman–Crippen MR) is 120 cm³/mol. The molecule has 1 unspecified atom stereocenters. The van der Waals surface area contributed by atoms with E-state index in [1.54, 1.807) is 6.20 Å². The molecule has 3 rings (SSSR count). The number of aryl methyl sites for hydroxylation is 1. The van der Waals surface area contributed by atoms with E-state index in [-0.39, 0.29) is 12.4 Å². The average molecular weight is 431 g/mol. The maximum Gasteiger partial charge on any atom is 0.281 e. The van der Waals surface area contributed by atoms with Crippen LogP contribution >= 0.6 is 12.4 Å². The number of fused-ring (bicyclic) bond motifs is 1. The first-order valence-corrected chi connectivity index (χ1v) is 9.74. The zero-order valence-electron chi connectivity index (χ0n) is 17.2. The molecule has 1 aromatic carbocycles. The van der Waals surface area contributed by atoms with Gasteiger partial charge in [-0.3, -0.25) is 9.78 Å². The Morgan fingerprint density at radius 2 is 2.07 bits per heavy atom. The van der Waals surface area contributed by atoms with Crippen molar-refractivity contribution < 1.29 is 9.90 Å². The molecule has 0 bridgehead atoms. The molecular weight excluding hydrogens is 404 g/mol. The number of rotatable bonds is 7. The average Bonchev–Trinajstić information content (AvgIpc) is 2.72. The van der Waals surface area contributed by atoms with Crippen LogP contribution in [0.1, 0.15) is 30.2 Å². The fourth-order valence-corrected chi connectivity index (χ4v) is 3.64. The molecule has 0 saturated heterocycles. The van der Waals surface area contributed by atoms with Crippen LogP contribution < -0.4 is 5.32 Å². The van der Waals surface area contributed by atoms with Crippen molar-refractivity contribution in [2.45, 2.75) is 38.6 Å². The van der Waals surface area contributed by atoms with Crippen molar-refractivity contribution in [2.24, 2.45) is 5.18 Å². The summed E-state index contributed by atoms with van der Waals surface area (Å²) in [5.74, 6) is -1.15. The van der Waals surface area contributed by atoms with E-state index in [2.05, 4.69) is 51.7 Å². The molecule has 0 fully saturated rings. The number of benzene rings is 1. The fraction of sp³-hybridized carbons (Fsp3) is 0.364. The van der Waals surface area contributed by atoms with Crippen LogP contribution in [0.3, 0.4) is 0 Å². The summed E-state index contributed by atoms with van der Waals surface area (Å²) in [6.45, 7) is 2.22. The summed E-state index contributed by atoms with van der Waals surface area (Å²) in [6.07, 6.45) is 5.36. The number of hydrogen-bond donors (Lipinski definition) is 2. The number of anilines is 1. The van der Waals surface area contributed by atoms with Gasteiger partial charge in [-0.2, -0.15) is 0 Å². The number of pyridine rings is 1. The first kappa shape index (κ1) is 23.5. The number of nitrogens with zero attached hydrogens (tertiary/aromatic N) is 3. The van der Waals surface area contributed by atoms with Crippen LogP contribution in [0.4, 0.5) is 5.69 Å². The summed E-state index contributed by atoms with van der Waals surface area (Å²) >= 11 is 0. The normalized spacial score (nSPS) is 16.2. The first-order valence-electron chi connectivity index (χ1n) is 9.74. The Morgan fingerprint density at radius 3 is 2.73 bits per heavy atom. The number of allylic oxidation sites excluding steroid dienone is 1. The van der Waals surface area contributed by atoms with Gasteiger partial charge in [-0.15, -0.1) is 17.3 Å². The van der Waals surface area contributed by atoms with E-state index >= 15 is 0 Å². The van der Waals surface area contributed by atoms with Gasteiger partial charge in [0.1, 0.15) is 5.76 Å². The summed E-state index contributed by atoms with van der Waals surface area (Å²) in [4.78, 5) is 29.7. The van der Waals surface area contributed by atoms with Gasteiger partial charge in [0.2, 0.25) is 5.70 Å². The molecule has 0 saturated carbocycles. The number of carbonyl (C=O) groups excluding carboxylic acids is 1. The summed E-state index contributed by atoms with van der Waals surface area (Å²) in [5, 5.41) is 14.6. The van der Waals surface area contributed by atoms with Gasteiger partial charge >= 0.3 is 0 Å². The highest BCUT2D eigenvalue weighted by atomic mass is 35.5. The standard InChI is InChI=1S/C22H26N4O3.ClH/c1-15(27)21(25-29)22(28)24-18-12-17-13-19(8-9-20(17)23-14-18)26(2)11-10-16-6-4-3-5-7-16;/h3-7,12,14,19,27H,8-11,13H2,1-2H3,(H,24,28);1H/b21-15-;. The molecule has 160 valence electrons. The molecule has 0 aliphatic heterocycles. The second-order valence-corrected chi connectivity index (χ2v) is 7.42. The Balaban J connectivity index is 0.00000320. The van der Waals surface area contributed by atoms with Crippen LogP contribution in [0.2, 0.25) is 0 Å². The van der Waals surface area contributed by atoms with Gasteiger partial charge in [0.05, 0.1) is 11.9 Å². The van der Waals surface area contributed by atoms with Crippen molar-refractivity contribution >= 4 is 24.0 Å². The molecule has 1 amide bonds. The van der Waals surface area contributed by atoms with Gasteiger partial charge < -0.3 is 15.3 Å². The molecule has 2 aromatic rings. The smallest absolute Gasteiger partial charge is 0.281 e. The second-order valence-electron chi connectivity index (χ2n) is 7.42. The van der Waals surface area contributed by atoms with E-state index in [0.717, 1.165) is 43.5 Å². The Morgan fingerprint density at radius 1 is 1.33 bits per heavy atom. The number of halogens is 1. The molecule has 0 radical (unpaired) electrons. The van der Waals surface area contributed by atoms with Gasteiger partial charge in [0, 0.05) is 18.3 Å². The number of carbonyl (C=O) groups is 1. The van der Waals surface area contributed by atoms with Crippen molar-refractivity contribution in [1.82, 2.24) is 9.88 Å². The third kappa shape index (κ3) is 5.87. The van der Waals surface area contributed by atoms with Crippen LogP contribution in [0.15, 0.2) is 59.2 Å². The van der Waals surface area contributed by atoms with E-state index in [4.69, 9.17) is 0 Å². The third-order valence-electron chi connectivity index (χ3n) is 5.36. The maximum absolute atomic E-state index is 12.1. The Kier molecular flexibility index (Phi) is 8.50. The van der Waals surface area contributed by atoms with Gasteiger partial charge in [0.15, 0.2) is 0 Å². The number of hydrogen-bond acceptors (Lipinski definition) is 6. The molecular formula is C22H27ClN4O3. The lowest BCUT2D eigenvalue weighted by Crippen LogP contribution is -2.38. The number of aliphatic hydroxyl groups is 1.